The van der Waals surface area contributed by atoms with Crippen molar-refractivity contribution in [3.8, 4) is 0 Å². The van der Waals surface area contributed by atoms with Crippen LogP contribution in [0.3, 0.4) is 0 Å². The summed E-state index contributed by atoms with van der Waals surface area (Å²) < 4.78 is 3.03. The number of hydrogen-bond acceptors (Lipinski definition) is 1. The van der Waals surface area contributed by atoms with Crippen LogP contribution in [0.5, 0.6) is 0 Å². The molecule has 0 spiro atoms. The van der Waals surface area contributed by atoms with Gasteiger partial charge in [0, 0.05) is 19.5 Å². The SMILES string of the molecule is [Ru].[SiH3]N[SiH3]. The van der Waals surface area contributed by atoms with Crippen LogP contribution in [-0.2, 0) is 19.5 Å². The fraction of sp³-hybridized carbons (Fsp3) is 0. The molecule has 0 heterocycles. The maximum Gasteiger partial charge on any atom is 0.0670 e. The van der Waals surface area contributed by atoms with Crippen molar-refractivity contribution in [2.24, 2.45) is 0 Å². The van der Waals surface area contributed by atoms with E-state index in [1.807, 2.05) is 0 Å². The van der Waals surface area contributed by atoms with Gasteiger partial charge in [-0.1, -0.05) is 0 Å². The van der Waals surface area contributed by atoms with Crippen molar-refractivity contribution in [3.63, 3.8) is 0 Å². The van der Waals surface area contributed by atoms with Crippen LogP contribution in [0, 0.1) is 0 Å². The molecule has 0 aliphatic rings. The predicted octanol–water partition coefficient (Wildman–Crippen LogP) is -2.87. The van der Waals surface area contributed by atoms with Gasteiger partial charge in [0.1, 0.15) is 0 Å². The van der Waals surface area contributed by atoms with Crippen molar-refractivity contribution >= 4 is 20.8 Å². The summed E-state index contributed by atoms with van der Waals surface area (Å²) in [7, 11) is 2.36. The average Bonchev–Trinajstić information content (AvgIpc) is 0.918. The Kier molecular flexibility index (Phi) is 20.0. The fourth-order valence-electron chi connectivity index (χ4n) is 0. The molecule has 0 aromatic heterocycles. The average molecular weight is 178 g/mol. The first-order chi connectivity index (χ1) is 1.41. The second kappa shape index (κ2) is 8.99. The summed E-state index contributed by atoms with van der Waals surface area (Å²) >= 11 is 0. The molecular weight excluding hydrogens is 171 g/mol. The summed E-state index contributed by atoms with van der Waals surface area (Å²) in [5.74, 6) is 0. The maximum absolute atomic E-state index is 3.03. The van der Waals surface area contributed by atoms with Crippen molar-refractivity contribution in [3.05, 3.63) is 0 Å². The Balaban J connectivity index is 0. The van der Waals surface area contributed by atoms with Crippen LogP contribution in [0.4, 0.5) is 0 Å². The molecule has 0 aromatic rings. The third-order valence-electron chi connectivity index (χ3n) is 0. The van der Waals surface area contributed by atoms with E-state index in [0.29, 0.717) is 0 Å². The Morgan fingerprint density at radius 3 is 1.25 bits per heavy atom. The molecule has 4 heavy (non-hydrogen) atoms. The molecule has 0 aromatic carbocycles. The third kappa shape index (κ3) is 11.9. The molecule has 4 heteroatoms. The number of rotatable bonds is 0. The monoisotopic (exact) mass is 179 g/mol. The molecule has 0 saturated heterocycles. The molecular formula is H7NRuSi2. The van der Waals surface area contributed by atoms with Crippen LogP contribution in [0.2, 0.25) is 0 Å². The Hall–Kier alpha value is 1.02. The summed E-state index contributed by atoms with van der Waals surface area (Å²) in [6.45, 7) is 0. The molecule has 1 N–H and O–H groups in total. The first-order valence-electron chi connectivity index (χ1n) is 1.00. The van der Waals surface area contributed by atoms with Crippen molar-refractivity contribution in [2.45, 2.75) is 0 Å². The first-order valence-corrected chi connectivity index (χ1v) is 3.00. The first kappa shape index (κ1) is 8.89. The maximum atomic E-state index is 3.03. The number of nitrogens with one attached hydrogen (secondary N) is 1. The van der Waals surface area contributed by atoms with Gasteiger partial charge in [-0.3, -0.25) is 0 Å². The minimum Gasteiger partial charge on any atom is -0.374 e. The van der Waals surface area contributed by atoms with E-state index in [2.05, 4.69) is 4.65 Å². The number of hydrogen-bond donors (Lipinski definition) is 1. The summed E-state index contributed by atoms with van der Waals surface area (Å²) in [5, 5.41) is 0. The van der Waals surface area contributed by atoms with E-state index in [0.717, 1.165) is 0 Å². The molecule has 0 unspecified atom stereocenters. The van der Waals surface area contributed by atoms with E-state index >= 15 is 0 Å². The zero-order valence-electron chi connectivity index (χ0n) is 2.85. The van der Waals surface area contributed by atoms with E-state index < -0.39 is 0 Å². The minimum absolute atomic E-state index is 0. The summed E-state index contributed by atoms with van der Waals surface area (Å²) in [5.41, 5.74) is 0. The molecule has 0 saturated carbocycles. The van der Waals surface area contributed by atoms with Crippen molar-refractivity contribution in [1.29, 1.82) is 0 Å². The van der Waals surface area contributed by atoms with E-state index in [4.69, 9.17) is 0 Å². The predicted molar refractivity (Wildman–Crippen MR) is 23.0 cm³/mol. The molecule has 0 radical (unpaired) electrons. The largest absolute Gasteiger partial charge is 0.374 e. The molecule has 28 valence electrons. The van der Waals surface area contributed by atoms with Gasteiger partial charge in [-0.25, -0.2) is 0 Å². The second-order valence-corrected chi connectivity index (χ2v) is 4.50. The van der Waals surface area contributed by atoms with Crippen molar-refractivity contribution in [2.75, 3.05) is 0 Å². The van der Waals surface area contributed by atoms with Crippen molar-refractivity contribution in [1.82, 2.24) is 4.65 Å². The zero-order chi connectivity index (χ0) is 2.71. The molecule has 0 bridgehead atoms. The minimum atomic E-state index is 0. The molecule has 0 amide bonds. The van der Waals surface area contributed by atoms with Gasteiger partial charge in [0.05, 0.1) is 20.8 Å². The Bertz CT molecular complexity index is 6.00. The van der Waals surface area contributed by atoms with Crippen LogP contribution in [0.1, 0.15) is 0 Å². The van der Waals surface area contributed by atoms with E-state index in [1.54, 1.807) is 0 Å². The van der Waals surface area contributed by atoms with Gasteiger partial charge < -0.3 is 4.65 Å². The van der Waals surface area contributed by atoms with Crippen LogP contribution >= 0.6 is 0 Å². The van der Waals surface area contributed by atoms with Crippen molar-refractivity contribution < 1.29 is 19.5 Å². The van der Waals surface area contributed by atoms with Gasteiger partial charge in [-0.2, -0.15) is 0 Å². The molecule has 1 nitrogen and oxygen atoms in total. The van der Waals surface area contributed by atoms with Gasteiger partial charge in [-0.05, 0) is 0 Å². The summed E-state index contributed by atoms with van der Waals surface area (Å²) in [6, 6.07) is 0. The Labute approximate surface area is 45.3 Å². The van der Waals surface area contributed by atoms with Crippen LogP contribution in [0.15, 0.2) is 0 Å². The quantitative estimate of drug-likeness (QED) is 0.393. The summed E-state index contributed by atoms with van der Waals surface area (Å²) in [6.07, 6.45) is 0. The van der Waals surface area contributed by atoms with Crippen LogP contribution in [0.25, 0.3) is 0 Å². The molecule has 0 aliphatic carbocycles. The van der Waals surface area contributed by atoms with Crippen LogP contribution < -0.4 is 4.65 Å². The van der Waals surface area contributed by atoms with Gasteiger partial charge in [0.2, 0.25) is 0 Å². The summed E-state index contributed by atoms with van der Waals surface area (Å²) in [4.78, 5) is 0. The van der Waals surface area contributed by atoms with Gasteiger partial charge in [-0.15, -0.1) is 0 Å². The van der Waals surface area contributed by atoms with Gasteiger partial charge in [0.25, 0.3) is 0 Å². The third-order valence-corrected chi connectivity index (χ3v) is 0. The zero-order valence-corrected chi connectivity index (χ0v) is 8.59. The molecule has 0 atom stereocenters. The second-order valence-electron chi connectivity index (χ2n) is 0.500. The Morgan fingerprint density at radius 1 is 1.25 bits per heavy atom. The van der Waals surface area contributed by atoms with Gasteiger partial charge in [0.15, 0.2) is 0 Å². The molecule has 0 rings (SSSR count). The van der Waals surface area contributed by atoms with E-state index in [9.17, 15) is 0 Å². The topological polar surface area (TPSA) is 12.0 Å². The standard InChI is InChI=1S/H7NSi2.Ru/c2-1-3;/h1H,2-3H3;. The normalized spacial score (nSPS) is 6.00. The molecule has 0 aliphatic heterocycles. The van der Waals surface area contributed by atoms with E-state index in [-0.39, 0.29) is 19.5 Å². The smallest absolute Gasteiger partial charge is 0.0670 e. The van der Waals surface area contributed by atoms with Gasteiger partial charge >= 0.3 is 0 Å². The van der Waals surface area contributed by atoms with E-state index in [1.165, 1.54) is 20.8 Å². The van der Waals surface area contributed by atoms with Crippen LogP contribution in [-0.4, -0.2) is 20.8 Å². The Morgan fingerprint density at radius 2 is 1.25 bits per heavy atom. The molecule has 0 fully saturated rings. The fourth-order valence-corrected chi connectivity index (χ4v) is 0.